The van der Waals surface area contributed by atoms with Crippen LogP contribution in [0.15, 0.2) is 11.6 Å². The fraction of sp³-hybridized carbons (Fsp3) is 0.846. The van der Waals surface area contributed by atoms with Crippen molar-refractivity contribution in [3.8, 4) is 0 Å². The molecule has 15 heavy (non-hydrogen) atoms. The third-order valence-corrected chi connectivity index (χ3v) is 3.60. The molecule has 1 atom stereocenters. The molecule has 1 aliphatic carbocycles. The number of rotatable bonds is 1. The van der Waals surface area contributed by atoms with Gasteiger partial charge in [0.2, 0.25) is 0 Å². The molecule has 0 bridgehead atoms. The third-order valence-electron chi connectivity index (χ3n) is 3.60. The summed E-state index contributed by atoms with van der Waals surface area (Å²) in [5.41, 5.74) is 1.74. The van der Waals surface area contributed by atoms with Crippen LogP contribution in [-0.2, 0) is 4.74 Å². The van der Waals surface area contributed by atoms with Crippen molar-refractivity contribution in [2.24, 2.45) is 11.3 Å². The van der Waals surface area contributed by atoms with E-state index in [9.17, 15) is 5.11 Å². The molecule has 2 heteroatoms. The van der Waals surface area contributed by atoms with E-state index in [1.165, 1.54) is 5.57 Å². The standard InChI is InChI=1S/C13H22O2/c1-13(2)8-11(7-12(14)9-13)10-3-5-15-6-4-10/h7,10,12,14H,3-6,8-9H2,1-2H3. The van der Waals surface area contributed by atoms with E-state index in [1.54, 1.807) is 0 Å². The van der Waals surface area contributed by atoms with Crippen molar-refractivity contribution in [2.45, 2.75) is 45.6 Å². The quantitative estimate of drug-likeness (QED) is 0.674. The van der Waals surface area contributed by atoms with Crippen molar-refractivity contribution in [1.29, 1.82) is 0 Å². The first kappa shape index (κ1) is 11.2. The average Bonchev–Trinajstić information content (AvgIpc) is 2.16. The molecule has 2 nitrogen and oxygen atoms in total. The Hall–Kier alpha value is -0.340. The summed E-state index contributed by atoms with van der Waals surface area (Å²) in [4.78, 5) is 0. The molecule has 1 aliphatic heterocycles. The molecule has 1 saturated heterocycles. The van der Waals surface area contributed by atoms with Gasteiger partial charge in [0, 0.05) is 13.2 Å². The van der Waals surface area contributed by atoms with Gasteiger partial charge >= 0.3 is 0 Å². The van der Waals surface area contributed by atoms with Crippen LogP contribution in [-0.4, -0.2) is 24.4 Å². The monoisotopic (exact) mass is 210 g/mol. The second-order valence-corrected chi connectivity index (χ2v) is 5.74. The van der Waals surface area contributed by atoms with Crippen molar-refractivity contribution >= 4 is 0 Å². The van der Waals surface area contributed by atoms with E-state index >= 15 is 0 Å². The van der Waals surface area contributed by atoms with Crippen LogP contribution in [0.5, 0.6) is 0 Å². The fourth-order valence-corrected chi connectivity index (χ4v) is 2.90. The maximum Gasteiger partial charge on any atom is 0.0728 e. The van der Waals surface area contributed by atoms with E-state index in [1.807, 2.05) is 0 Å². The Bertz CT molecular complexity index is 249. The Balaban J connectivity index is 2.07. The topological polar surface area (TPSA) is 29.5 Å². The summed E-state index contributed by atoms with van der Waals surface area (Å²) in [6.07, 6.45) is 6.19. The molecule has 0 aromatic heterocycles. The van der Waals surface area contributed by atoms with Gasteiger partial charge in [-0.15, -0.1) is 0 Å². The lowest BCUT2D eigenvalue weighted by Gasteiger charge is -2.36. The van der Waals surface area contributed by atoms with Crippen LogP contribution < -0.4 is 0 Å². The minimum atomic E-state index is -0.230. The second-order valence-electron chi connectivity index (χ2n) is 5.74. The van der Waals surface area contributed by atoms with Crippen molar-refractivity contribution in [2.75, 3.05) is 13.2 Å². The molecule has 0 amide bonds. The molecule has 0 spiro atoms. The van der Waals surface area contributed by atoms with Crippen LogP contribution in [0, 0.1) is 11.3 Å². The summed E-state index contributed by atoms with van der Waals surface area (Å²) in [6, 6.07) is 0. The molecule has 1 unspecified atom stereocenters. The maximum absolute atomic E-state index is 9.84. The lowest BCUT2D eigenvalue weighted by molar-refractivity contribution is 0.0681. The zero-order valence-electron chi connectivity index (χ0n) is 9.83. The first-order chi connectivity index (χ1) is 7.07. The molecule has 2 aliphatic rings. The molecule has 86 valence electrons. The summed E-state index contributed by atoms with van der Waals surface area (Å²) in [5, 5.41) is 9.84. The normalized spacial score (nSPS) is 32.5. The molecule has 1 heterocycles. The summed E-state index contributed by atoms with van der Waals surface area (Å²) >= 11 is 0. The molecule has 1 N–H and O–H groups in total. The first-order valence-electron chi connectivity index (χ1n) is 6.03. The minimum absolute atomic E-state index is 0.230. The van der Waals surface area contributed by atoms with Gasteiger partial charge in [-0.3, -0.25) is 0 Å². The van der Waals surface area contributed by atoms with Crippen molar-refractivity contribution in [1.82, 2.24) is 0 Å². The highest BCUT2D eigenvalue weighted by molar-refractivity contribution is 5.16. The zero-order chi connectivity index (χ0) is 10.9. The molecule has 0 aromatic carbocycles. The fourth-order valence-electron chi connectivity index (χ4n) is 2.90. The summed E-state index contributed by atoms with van der Waals surface area (Å²) in [5.74, 6) is 0.660. The number of aliphatic hydroxyl groups is 1. The highest BCUT2D eigenvalue weighted by atomic mass is 16.5. The Morgan fingerprint density at radius 3 is 2.60 bits per heavy atom. The van der Waals surface area contributed by atoms with Crippen molar-refractivity contribution < 1.29 is 9.84 Å². The Labute approximate surface area is 92.3 Å². The molecular formula is C13H22O2. The van der Waals surface area contributed by atoms with Gasteiger partial charge in [0.05, 0.1) is 6.10 Å². The van der Waals surface area contributed by atoms with Gasteiger partial charge in [0.15, 0.2) is 0 Å². The van der Waals surface area contributed by atoms with E-state index < -0.39 is 0 Å². The smallest absolute Gasteiger partial charge is 0.0728 e. The van der Waals surface area contributed by atoms with E-state index in [0.29, 0.717) is 5.92 Å². The Morgan fingerprint density at radius 1 is 1.33 bits per heavy atom. The Morgan fingerprint density at radius 2 is 2.00 bits per heavy atom. The summed E-state index contributed by atoms with van der Waals surface area (Å²) in [7, 11) is 0. The molecular weight excluding hydrogens is 188 g/mol. The van der Waals surface area contributed by atoms with Crippen LogP contribution in [0.25, 0.3) is 0 Å². The molecule has 2 rings (SSSR count). The lowest BCUT2D eigenvalue weighted by atomic mass is 9.72. The van der Waals surface area contributed by atoms with E-state index in [2.05, 4.69) is 19.9 Å². The number of ether oxygens (including phenoxy) is 1. The van der Waals surface area contributed by atoms with Crippen molar-refractivity contribution in [3.05, 3.63) is 11.6 Å². The van der Waals surface area contributed by atoms with Gasteiger partial charge in [-0.25, -0.2) is 0 Å². The van der Waals surface area contributed by atoms with Gasteiger partial charge in [-0.2, -0.15) is 0 Å². The van der Waals surface area contributed by atoms with Gasteiger partial charge < -0.3 is 9.84 Å². The predicted molar refractivity (Wildman–Crippen MR) is 60.6 cm³/mol. The van der Waals surface area contributed by atoms with E-state index in [4.69, 9.17) is 4.74 Å². The maximum atomic E-state index is 9.84. The van der Waals surface area contributed by atoms with Gasteiger partial charge in [-0.05, 0) is 37.0 Å². The summed E-state index contributed by atoms with van der Waals surface area (Å²) in [6.45, 7) is 6.28. The minimum Gasteiger partial charge on any atom is -0.389 e. The highest BCUT2D eigenvalue weighted by Gasteiger charge is 2.31. The van der Waals surface area contributed by atoms with Crippen LogP contribution >= 0.6 is 0 Å². The van der Waals surface area contributed by atoms with E-state index in [0.717, 1.165) is 38.9 Å². The van der Waals surface area contributed by atoms with Crippen LogP contribution in [0.1, 0.15) is 39.5 Å². The predicted octanol–water partition coefficient (Wildman–Crippen LogP) is 2.52. The lowest BCUT2D eigenvalue weighted by Crippen LogP contribution is -2.29. The molecule has 0 saturated carbocycles. The number of allylic oxidation sites excluding steroid dienone is 1. The number of aliphatic hydroxyl groups excluding tert-OH is 1. The summed E-state index contributed by atoms with van der Waals surface area (Å²) < 4.78 is 5.38. The first-order valence-corrected chi connectivity index (χ1v) is 6.03. The van der Waals surface area contributed by atoms with Crippen LogP contribution in [0.3, 0.4) is 0 Å². The third kappa shape index (κ3) is 2.82. The Kier molecular flexibility index (Phi) is 3.17. The molecule has 1 fully saturated rings. The van der Waals surface area contributed by atoms with E-state index in [-0.39, 0.29) is 11.5 Å². The molecule has 0 aromatic rings. The van der Waals surface area contributed by atoms with Crippen LogP contribution in [0.4, 0.5) is 0 Å². The SMILES string of the molecule is CC1(C)CC(C2CCOCC2)=CC(O)C1. The average molecular weight is 210 g/mol. The molecule has 0 radical (unpaired) electrons. The zero-order valence-corrected chi connectivity index (χ0v) is 9.83. The number of hydrogen-bond acceptors (Lipinski definition) is 2. The largest absolute Gasteiger partial charge is 0.389 e. The van der Waals surface area contributed by atoms with Gasteiger partial charge in [-0.1, -0.05) is 25.5 Å². The van der Waals surface area contributed by atoms with Crippen LogP contribution in [0.2, 0.25) is 0 Å². The van der Waals surface area contributed by atoms with Crippen molar-refractivity contribution in [3.63, 3.8) is 0 Å². The van der Waals surface area contributed by atoms with Gasteiger partial charge in [0.1, 0.15) is 0 Å². The second kappa shape index (κ2) is 4.26. The highest BCUT2D eigenvalue weighted by Crippen LogP contribution is 2.40. The number of hydrogen-bond donors (Lipinski definition) is 1. The van der Waals surface area contributed by atoms with Gasteiger partial charge in [0.25, 0.3) is 0 Å².